The Bertz CT molecular complexity index is 1280. The Hall–Kier alpha value is -4.92. The van der Waals surface area contributed by atoms with E-state index in [4.69, 9.17) is 4.74 Å². The molecule has 0 spiro atoms. The van der Waals surface area contributed by atoms with Gasteiger partial charge in [-0.2, -0.15) is 15.0 Å². The van der Waals surface area contributed by atoms with Gasteiger partial charge in [-0.1, -0.05) is 36.9 Å². The zero-order valence-electron chi connectivity index (χ0n) is 17.4. The second kappa shape index (κ2) is 9.92. The van der Waals surface area contributed by atoms with Crippen molar-refractivity contribution in [2.75, 3.05) is 16.0 Å². The third-order valence-electron chi connectivity index (χ3n) is 4.24. The van der Waals surface area contributed by atoms with Crippen LogP contribution >= 0.6 is 0 Å². The number of phenolic OH excluding ortho intramolecular Hbond substituents is 1. The first-order valence-corrected chi connectivity index (χ1v) is 9.93. The van der Waals surface area contributed by atoms with E-state index in [1.165, 1.54) is 0 Å². The molecule has 3 aromatic carbocycles. The number of benzene rings is 3. The van der Waals surface area contributed by atoms with E-state index in [2.05, 4.69) is 37.5 Å². The molecule has 4 rings (SSSR count). The Morgan fingerprint density at radius 2 is 1.30 bits per heavy atom. The van der Waals surface area contributed by atoms with Gasteiger partial charge in [0.25, 0.3) is 0 Å². The highest BCUT2D eigenvalue weighted by molar-refractivity contribution is 5.83. The number of para-hydroxylation sites is 1. The number of ether oxygens (including phenoxy) is 1. The zero-order valence-corrected chi connectivity index (χ0v) is 17.4. The Kier molecular flexibility index (Phi) is 6.41. The molecule has 0 bridgehead atoms. The minimum absolute atomic E-state index is 0.112. The molecule has 0 unspecified atom stereocenters. The number of aromatic nitrogens is 3. The summed E-state index contributed by atoms with van der Waals surface area (Å²) in [5.41, 5.74) is 2.01. The lowest BCUT2D eigenvalue weighted by Crippen LogP contribution is -2.07. The van der Waals surface area contributed by atoms with Crippen LogP contribution in [0.25, 0.3) is 0 Å². The molecule has 4 N–H and O–H groups in total. The first kappa shape index (κ1) is 21.3. The quantitative estimate of drug-likeness (QED) is 0.172. The Morgan fingerprint density at radius 1 is 0.758 bits per heavy atom. The number of carbonyl (C=O) groups is 1. The first-order valence-electron chi connectivity index (χ1n) is 9.93. The number of hydrogen-bond donors (Lipinski definition) is 4. The smallest absolute Gasteiger partial charge is 0.335 e. The number of carbonyl (C=O) groups excluding carboxylic acids is 1. The van der Waals surface area contributed by atoms with Crippen molar-refractivity contribution < 1.29 is 14.6 Å². The summed E-state index contributed by atoms with van der Waals surface area (Å²) in [7, 11) is 0. The minimum atomic E-state index is -0.556. The van der Waals surface area contributed by atoms with Crippen LogP contribution in [0.1, 0.15) is 0 Å². The Balaban J connectivity index is 1.63. The highest BCUT2D eigenvalue weighted by Gasteiger charge is 2.10. The van der Waals surface area contributed by atoms with Crippen LogP contribution in [-0.2, 0) is 4.79 Å². The van der Waals surface area contributed by atoms with Gasteiger partial charge in [-0.25, -0.2) is 4.79 Å². The van der Waals surface area contributed by atoms with E-state index in [0.29, 0.717) is 23.1 Å². The normalized spacial score (nSPS) is 10.2. The fourth-order valence-corrected chi connectivity index (χ4v) is 2.83. The van der Waals surface area contributed by atoms with Crippen molar-refractivity contribution in [1.29, 1.82) is 0 Å². The fraction of sp³-hybridized carbons (Fsp3) is 0. The van der Waals surface area contributed by atoms with Crippen LogP contribution < -0.4 is 20.7 Å². The monoisotopic (exact) mass is 440 g/mol. The summed E-state index contributed by atoms with van der Waals surface area (Å²) in [6, 6.07) is 22.9. The Labute approximate surface area is 189 Å². The van der Waals surface area contributed by atoms with Gasteiger partial charge in [-0.3, -0.25) is 0 Å². The van der Waals surface area contributed by atoms with Crippen LogP contribution in [0.4, 0.5) is 34.9 Å². The summed E-state index contributed by atoms with van der Waals surface area (Å²) >= 11 is 0. The van der Waals surface area contributed by atoms with Crippen molar-refractivity contribution in [2.24, 2.45) is 0 Å². The number of anilines is 6. The maximum Gasteiger partial charge on any atom is 0.335 e. The van der Waals surface area contributed by atoms with Gasteiger partial charge in [0.05, 0.1) is 0 Å². The van der Waals surface area contributed by atoms with Gasteiger partial charge < -0.3 is 25.8 Å². The van der Waals surface area contributed by atoms with Gasteiger partial charge in [0.2, 0.25) is 17.8 Å². The summed E-state index contributed by atoms with van der Waals surface area (Å²) in [4.78, 5) is 24.7. The molecule has 9 nitrogen and oxygen atoms in total. The molecule has 0 atom stereocenters. The summed E-state index contributed by atoms with van der Waals surface area (Å²) in [6.07, 6.45) is 1.09. The van der Waals surface area contributed by atoms with Crippen molar-refractivity contribution in [3.05, 3.63) is 91.5 Å². The molecule has 0 amide bonds. The van der Waals surface area contributed by atoms with E-state index in [1.807, 2.05) is 30.3 Å². The summed E-state index contributed by atoms with van der Waals surface area (Å²) in [5, 5.41) is 19.0. The molecule has 0 aliphatic carbocycles. The average Bonchev–Trinajstić information content (AvgIpc) is 2.80. The summed E-state index contributed by atoms with van der Waals surface area (Å²) < 4.78 is 5.16. The van der Waals surface area contributed by atoms with Crippen molar-refractivity contribution >= 4 is 40.9 Å². The highest BCUT2D eigenvalue weighted by atomic mass is 16.5. The van der Waals surface area contributed by atoms with Gasteiger partial charge >= 0.3 is 5.97 Å². The number of nitrogens with zero attached hydrogens (tertiary/aromatic N) is 3. The lowest BCUT2D eigenvalue weighted by molar-refractivity contribution is -0.128. The Morgan fingerprint density at radius 3 is 1.91 bits per heavy atom. The van der Waals surface area contributed by atoms with Crippen LogP contribution in [0.5, 0.6) is 11.5 Å². The van der Waals surface area contributed by atoms with Crippen LogP contribution in [0, 0.1) is 0 Å². The van der Waals surface area contributed by atoms with Crippen molar-refractivity contribution in [3.63, 3.8) is 0 Å². The third kappa shape index (κ3) is 6.05. The average molecular weight is 440 g/mol. The zero-order chi connectivity index (χ0) is 23.0. The van der Waals surface area contributed by atoms with E-state index in [9.17, 15) is 9.90 Å². The number of esters is 1. The predicted octanol–water partition coefficient (Wildman–Crippen LogP) is 4.90. The first-order chi connectivity index (χ1) is 16.1. The number of aromatic hydroxyl groups is 1. The van der Waals surface area contributed by atoms with E-state index in [0.717, 1.165) is 11.8 Å². The van der Waals surface area contributed by atoms with E-state index < -0.39 is 5.97 Å². The van der Waals surface area contributed by atoms with Crippen LogP contribution in [0.3, 0.4) is 0 Å². The molecule has 0 aliphatic rings. The molecule has 1 heterocycles. The lowest BCUT2D eigenvalue weighted by Gasteiger charge is -2.12. The van der Waals surface area contributed by atoms with Crippen molar-refractivity contribution in [2.45, 2.75) is 0 Å². The van der Waals surface area contributed by atoms with E-state index in [1.54, 1.807) is 48.5 Å². The van der Waals surface area contributed by atoms with Gasteiger partial charge in [0.15, 0.2) is 0 Å². The molecule has 0 aliphatic heterocycles. The van der Waals surface area contributed by atoms with Crippen molar-refractivity contribution in [3.8, 4) is 11.5 Å². The molecular weight excluding hydrogens is 420 g/mol. The largest absolute Gasteiger partial charge is 0.508 e. The van der Waals surface area contributed by atoms with Gasteiger partial charge in [0, 0.05) is 35.3 Å². The minimum Gasteiger partial charge on any atom is -0.508 e. The molecular formula is C24H20N6O3. The standard InChI is InChI=1S/C24H20N6O3/c1-2-21(32)33-20-13-7-11-18(15-20)27-24-29-22(25-16-8-4-3-5-9-16)28-23(30-24)26-17-10-6-12-19(31)14-17/h2-15,31H,1H2,(H3,25,26,27,28,29,30). The maximum absolute atomic E-state index is 11.5. The number of rotatable bonds is 8. The molecule has 1 aromatic heterocycles. The number of phenols is 1. The number of hydrogen-bond acceptors (Lipinski definition) is 9. The van der Waals surface area contributed by atoms with Gasteiger partial charge in [-0.05, 0) is 36.4 Å². The molecule has 4 aromatic rings. The van der Waals surface area contributed by atoms with E-state index >= 15 is 0 Å². The SMILES string of the molecule is C=CC(=O)Oc1cccc(Nc2nc(Nc3ccccc3)nc(Nc3cccc(O)c3)n2)c1. The number of nitrogens with one attached hydrogen (secondary N) is 3. The van der Waals surface area contributed by atoms with E-state index in [-0.39, 0.29) is 17.6 Å². The van der Waals surface area contributed by atoms with Gasteiger partial charge in [-0.15, -0.1) is 0 Å². The van der Waals surface area contributed by atoms with Crippen LogP contribution in [0.2, 0.25) is 0 Å². The molecule has 33 heavy (non-hydrogen) atoms. The topological polar surface area (TPSA) is 121 Å². The van der Waals surface area contributed by atoms with Crippen LogP contribution in [0.15, 0.2) is 91.5 Å². The molecule has 0 saturated heterocycles. The summed E-state index contributed by atoms with van der Waals surface area (Å²) in [5.74, 6) is 0.708. The second-order valence-corrected chi connectivity index (χ2v) is 6.75. The van der Waals surface area contributed by atoms with Gasteiger partial charge in [0.1, 0.15) is 11.5 Å². The summed E-state index contributed by atoms with van der Waals surface area (Å²) in [6.45, 7) is 3.39. The lowest BCUT2D eigenvalue weighted by atomic mass is 10.3. The maximum atomic E-state index is 11.5. The molecule has 0 saturated carbocycles. The predicted molar refractivity (Wildman–Crippen MR) is 126 cm³/mol. The molecule has 9 heteroatoms. The molecule has 164 valence electrons. The molecule has 0 fully saturated rings. The fourth-order valence-electron chi connectivity index (χ4n) is 2.83. The molecule has 0 radical (unpaired) electrons. The second-order valence-electron chi connectivity index (χ2n) is 6.75. The van der Waals surface area contributed by atoms with Crippen LogP contribution in [-0.4, -0.2) is 26.0 Å². The van der Waals surface area contributed by atoms with Crippen molar-refractivity contribution in [1.82, 2.24) is 15.0 Å². The highest BCUT2D eigenvalue weighted by Crippen LogP contribution is 2.24. The third-order valence-corrected chi connectivity index (χ3v) is 4.24.